The Balaban J connectivity index is 1.75. The van der Waals surface area contributed by atoms with Gasteiger partial charge in [-0.1, -0.05) is 43.6 Å². The Hall–Kier alpha value is 0.400. The number of rotatable bonds is 2. The van der Waals surface area contributed by atoms with Crippen LogP contribution in [0.3, 0.4) is 0 Å². The average Bonchev–Trinajstić information content (AvgIpc) is 3.00. The number of fused-ring (bicyclic) bond motifs is 3. The number of ether oxygens (including phenoxy) is 2. The molecule has 0 aromatic heterocycles. The fourth-order valence-corrected chi connectivity index (χ4v) is 7.57. The molecule has 23 heavy (non-hydrogen) atoms. The molecule has 1 aliphatic heterocycles. The van der Waals surface area contributed by atoms with E-state index in [0.29, 0.717) is 16.7 Å². The zero-order chi connectivity index (χ0) is 16.8. The molecule has 0 aromatic rings. The Labute approximate surface area is 150 Å². The standard InChI is InChI=1S/C20H33BrO2/c1-7-15(21)19(6)22-16-11-20-10-14(18(16,5)23-19)17(3,4)13(20)9-8-12(20)2/h12-16H,7-11H2,1-6H3/t12-,13+,14-,15?,16+,18-,19+,20-/m1/s1. The Bertz CT molecular complexity index is 520. The topological polar surface area (TPSA) is 18.5 Å². The predicted molar refractivity (Wildman–Crippen MR) is 96.6 cm³/mol. The van der Waals surface area contributed by atoms with Gasteiger partial charge in [0, 0.05) is 0 Å². The van der Waals surface area contributed by atoms with Gasteiger partial charge in [0.15, 0.2) is 5.79 Å². The summed E-state index contributed by atoms with van der Waals surface area (Å²) in [5.41, 5.74) is 0.729. The molecule has 4 aliphatic rings. The first-order valence-corrected chi connectivity index (χ1v) is 10.5. The summed E-state index contributed by atoms with van der Waals surface area (Å²) in [5.74, 6) is 1.81. The molecule has 3 heteroatoms. The van der Waals surface area contributed by atoms with Crippen LogP contribution in [0.1, 0.15) is 73.6 Å². The van der Waals surface area contributed by atoms with Crippen LogP contribution in [-0.4, -0.2) is 22.3 Å². The van der Waals surface area contributed by atoms with Gasteiger partial charge in [-0.25, -0.2) is 0 Å². The summed E-state index contributed by atoms with van der Waals surface area (Å²) in [6.45, 7) is 14.2. The third kappa shape index (κ3) is 1.88. The van der Waals surface area contributed by atoms with Gasteiger partial charge in [0.2, 0.25) is 0 Å². The second-order valence-corrected chi connectivity index (χ2v) is 10.9. The van der Waals surface area contributed by atoms with E-state index in [0.717, 1.165) is 18.3 Å². The normalized spacial score (nSPS) is 58.0. The van der Waals surface area contributed by atoms with Crippen molar-refractivity contribution in [3.05, 3.63) is 0 Å². The van der Waals surface area contributed by atoms with Crippen LogP contribution < -0.4 is 0 Å². The quantitative estimate of drug-likeness (QED) is 0.582. The van der Waals surface area contributed by atoms with Crippen LogP contribution in [0, 0.1) is 28.6 Å². The summed E-state index contributed by atoms with van der Waals surface area (Å²) in [4.78, 5) is 0.258. The highest BCUT2D eigenvalue weighted by atomic mass is 79.9. The predicted octanol–water partition coefficient (Wildman–Crippen LogP) is 5.53. The number of hydrogen-bond acceptors (Lipinski definition) is 2. The summed E-state index contributed by atoms with van der Waals surface area (Å²) < 4.78 is 13.5. The van der Waals surface area contributed by atoms with Crippen LogP contribution in [0.25, 0.3) is 0 Å². The van der Waals surface area contributed by atoms with Crippen molar-refractivity contribution in [3.63, 3.8) is 0 Å². The van der Waals surface area contributed by atoms with Crippen molar-refractivity contribution in [3.8, 4) is 0 Å². The van der Waals surface area contributed by atoms with Crippen molar-refractivity contribution in [2.24, 2.45) is 28.6 Å². The molecule has 0 radical (unpaired) electrons. The molecule has 1 heterocycles. The molecule has 4 rings (SSSR count). The second kappa shape index (κ2) is 4.76. The van der Waals surface area contributed by atoms with Crippen LogP contribution in [0.15, 0.2) is 0 Å². The average molecular weight is 385 g/mol. The zero-order valence-corrected chi connectivity index (χ0v) is 17.2. The van der Waals surface area contributed by atoms with E-state index in [1.807, 2.05) is 0 Å². The molecule has 2 bridgehead atoms. The maximum Gasteiger partial charge on any atom is 0.179 e. The van der Waals surface area contributed by atoms with Gasteiger partial charge in [-0.2, -0.15) is 0 Å². The van der Waals surface area contributed by atoms with Crippen molar-refractivity contribution in [2.45, 2.75) is 96.0 Å². The summed E-state index contributed by atoms with van der Waals surface area (Å²) in [5, 5.41) is 0. The molecule has 3 aliphatic carbocycles. The molecule has 132 valence electrons. The van der Waals surface area contributed by atoms with E-state index in [-0.39, 0.29) is 16.5 Å². The second-order valence-electron chi connectivity index (χ2n) is 9.83. The third-order valence-electron chi connectivity index (χ3n) is 8.57. The van der Waals surface area contributed by atoms with Gasteiger partial charge in [-0.05, 0) is 74.5 Å². The van der Waals surface area contributed by atoms with Gasteiger partial charge in [-0.15, -0.1) is 0 Å². The lowest BCUT2D eigenvalue weighted by Crippen LogP contribution is -2.52. The molecule has 8 atom stereocenters. The van der Waals surface area contributed by atoms with E-state index in [1.54, 1.807) is 0 Å². The molecule has 1 saturated heterocycles. The molecule has 0 amide bonds. The Morgan fingerprint density at radius 3 is 2.43 bits per heavy atom. The highest BCUT2D eigenvalue weighted by Crippen LogP contribution is 2.75. The van der Waals surface area contributed by atoms with Gasteiger partial charge < -0.3 is 9.47 Å². The summed E-state index contributed by atoms with van der Waals surface area (Å²) in [6, 6.07) is 0. The lowest BCUT2D eigenvalue weighted by molar-refractivity contribution is -0.188. The lowest BCUT2D eigenvalue weighted by Gasteiger charge is -2.47. The van der Waals surface area contributed by atoms with E-state index in [9.17, 15) is 0 Å². The van der Waals surface area contributed by atoms with Crippen LogP contribution in [0.5, 0.6) is 0 Å². The SMILES string of the molecule is CCC(Br)[C@@]1(C)O[C@H]2C[C@@]34C[C@H](C(C)(C)[C@@H]3CC[C@H]4C)[C@@]2(C)O1. The lowest BCUT2D eigenvalue weighted by atomic mass is 9.63. The fourth-order valence-electron chi connectivity index (χ4n) is 7.36. The first-order chi connectivity index (χ1) is 10.6. The van der Waals surface area contributed by atoms with E-state index in [4.69, 9.17) is 9.47 Å². The minimum atomic E-state index is -0.483. The highest BCUT2D eigenvalue weighted by molar-refractivity contribution is 9.09. The monoisotopic (exact) mass is 384 g/mol. The van der Waals surface area contributed by atoms with Gasteiger partial charge in [-0.3, -0.25) is 0 Å². The molecule has 4 fully saturated rings. The first-order valence-electron chi connectivity index (χ1n) is 9.62. The maximum absolute atomic E-state index is 6.79. The van der Waals surface area contributed by atoms with Crippen LogP contribution in [-0.2, 0) is 9.47 Å². The van der Waals surface area contributed by atoms with Crippen molar-refractivity contribution < 1.29 is 9.47 Å². The van der Waals surface area contributed by atoms with E-state index >= 15 is 0 Å². The van der Waals surface area contributed by atoms with Gasteiger partial charge in [0.1, 0.15) is 0 Å². The summed E-state index contributed by atoms with van der Waals surface area (Å²) in [6.07, 6.45) is 6.63. The Morgan fingerprint density at radius 1 is 1.09 bits per heavy atom. The van der Waals surface area contributed by atoms with E-state index < -0.39 is 5.79 Å². The number of halogens is 1. The van der Waals surface area contributed by atoms with Gasteiger partial charge in [0.05, 0.1) is 16.5 Å². The number of hydrogen-bond donors (Lipinski definition) is 0. The minimum Gasteiger partial charge on any atom is -0.343 e. The largest absolute Gasteiger partial charge is 0.343 e. The molecular weight excluding hydrogens is 352 g/mol. The van der Waals surface area contributed by atoms with Crippen molar-refractivity contribution in [2.75, 3.05) is 0 Å². The summed E-state index contributed by atoms with van der Waals surface area (Å²) >= 11 is 3.82. The summed E-state index contributed by atoms with van der Waals surface area (Å²) in [7, 11) is 0. The van der Waals surface area contributed by atoms with Gasteiger partial charge in [0.25, 0.3) is 0 Å². The molecule has 2 nitrogen and oxygen atoms in total. The smallest absolute Gasteiger partial charge is 0.179 e. The maximum atomic E-state index is 6.79. The van der Waals surface area contributed by atoms with Crippen molar-refractivity contribution in [1.29, 1.82) is 0 Å². The molecule has 1 unspecified atom stereocenters. The molecule has 3 saturated carbocycles. The van der Waals surface area contributed by atoms with Crippen LogP contribution in [0.4, 0.5) is 0 Å². The first kappa shape index (κ1) is 16.8. The number of alkyl halides is 1. The Kier molecular flexibility index (Phi) is 3.49. The van der Waals surface area contributed by atoms with E-state index in [1.165, 1.54) is 25.7 Å². The Morgan fingerprint density at radius 2 is 1.78 bits per heavy atom. The third-order valence-corrected chi connectivity index (χ3v) is 10.0. The van der Waals surface area contributed by atoms with Crippen molar-refractivity contribution in [1.82, 2.24) is 0 Å². The molecule has 0 aromatic carbocycles. The van der Waals surface area contributed by atoms with Crippen LogP contribution >= 0.6 is 15.9 Å². The van der Waals surface area contributed by atoms with Crippen molar-refractivity contribution >= 4 is 15.9 Å². The fraction of sp³-hybridized carbons (Fsp3) is 1.00. The zero-order valence-electron chi connectivity index (χ0n) is 15.6. The van der Waals surface area contributed by atoms with Gasteiger partial charge >= 0.3 is 0 Å². The molecule has 1 spiro atoms. The van der Waals surface area contributed by atoms with Crippen LogP contribution in [0.2, 0.25) is 0 Å². The van der Waals surface area contributed by atoms with E-state index in [2.05, 4.69) is 57.5 Å². The highest BCUT2D eigenvalue weighted by Gasteiger charge is 2.74. The minimum absolute atomic E-state index is 0.130. The molecule has 0 N–H and O–H groups in total. The molecular formula is C20H33BrO2.